The average Bonchev–Trinajstić information content (AvgIpc) is 3.00. The van der Waals surface area contributed by atoms with Gasteiger partial charge in [-0.1, -0.05) is 42.5 Å². The number of hydrogen-bond acceptors (Lipinski definition) is 4. The lowest BCUT2D eigenvalue weighted by Gasteiger charge is -2.09. The number of nitrogens with one attached hydrogen (secondary N) is 2. The van der Waals surface area contributed by atoms with Crippen LogP contribution in [-0.2, 0) is 19.6 Å². The Kier molecular flexibility index (Phi) is 3.01. The minimum absolute atomic E-state index is 0.760. The van der Waals surface area contributed by atoms with Crippen LogP contribution in [0.1, 0.15) is 16.7 Å². The molecule has 2 heterocycles. The van der Waals surface area contributed by atoms with E-state index in [2.05, 4.69) is 51.2 Å². The maximum Gasteiger partial charge on any atom is 0.156 e. The third kappa shape index (κ3) is 2.34. The molecule has 0 amide bonds. The Labute approximate surface area is 123 Å². The summed E-state index contributed by atoms with van der Waals surface area (Å²) in [6, 6.07) is 14.8. The summed E-state index contributed by atoms with van der Waals surface area (Å²) in [7, 11) is 0. The van der Waals surface area contributed by atoms with Crippen molar-refractivity contribution in [1.29, 1.82) is 0 Å². The van der Waals surface area contributed by atoms with Crippen LogP contribution in [0.25, 0.3) is 10.8 Å². The van der Waals surface area contributed by atoms with Crippen LogP contribution in [0, 0.1) is 0 Å². The van der Waals surface area contributed by atoms with E-state index in [1.54, 1.807) is 6.20 Å². The van der Waals surface area contributed by atoms with Crippen LogP contribution in [0.15, 0.2) is 48.7 Å². The molecule has 0 atom stereocenters. The summed E-state index contributed by atoms with van der Waals surface area (Å²) in [4.78, 5) is 0. The Balaban J connectivity index is 1.58. The highest BCUT2D eigenvalue weighted by Crippen LogP contribution is 2.21. The molecule has 21 heavy (non-hydrogen) atoms. The summed E-state index contributed by atoms with van der Waals surface area (Å²) < 4.78 is 0. The highest BCUT2D eigenvalue weighted by atomic mass is 15.2. The number of aromatic nitrogens is 2. The van der Waals surface area contributed by atoms with Gasteiger partial charge in [-0.2, -0.15) is 5.10 Å². The molecule has 0 saturated carbocycles. The van der Waals surface area contributed by atoms with Gasteiger partial charge in [-0.25, -0.2) is 0 Å². The maximum absolute atomic E-state index is 4.22. The third-order valence-corrected chi connectivity index (χ3v) is 3.93. The Bertz CT molecular complexity index is 792. The van der Waals surface area contributed by atoms with Gasteiger partial charge in [-0.15, -0.1) is 5.10 Å². The van der Waals surface area contributed by atoms with Gasteiger partial charge in [0.15, 0.2) is 5.82 Å². The van der Waals surface area contributed by atoms with E-state index in [4.69, 9.17) is 0 Å². The van der Waals surface area contributed by atoms with Crippen molar-refractivity contribution in [2.24, 2.45) is 0 Å². The second kappa shape index (κ2) is 5.14. The van der Waals surface area contributed by atoms with Crippen LogP contribution < -0.4 is 10.6 Å². The second-order valence-electron chi connectivity index (χ2n) is 5.34. The molecule has 2 N–H and O–H groups in total. The van der Waals surface area contributed by atoms with E-state index in [1.165, 1.54) is 16.7 Å². The zero-order valence-corrected chi connectivity index (χ0v) is 11.6. The van der Waals surface area contributed by atoms with Crippen molar-refractivity contribution in [2.75, 3.05) is 5.32 Å². The summed E-state index contributed by atoms with van der Waals surface area (Å²) in [5, 5.41) is 17.3. The molecular formula is C17H16N4. The van der Waals surface area contributed by atoms with Crippen LogP contribution in [0.2, 0.25) is 0 Å². The van der Waals surface area contributed by atoms with E-state index < -0.39 is 0 Å². The predicted octanol–water partition coefficient (Wildman–Crippen LogP) is 2.85. The molecule has 1 aromatic heterocycles. The Hall–Kier alpha value is -2.46. The summed E-state index contributed by atoms with van der Waals surface area (Å²) in [6.07, 6.45) is 1.79. The zero-order chi connectivity index (χ0) is 14.1. The standard InChI is InChI=1S/C17H16N4/c1-2-4-16-14(3-1)11-20-21-17(16)19-8-12-5-6-13-9-18-10-15(13)7-12/h1-7,11,18H,8-10H2,(H,19,21). The second-order valence-corrected chi connectivity index (χ2v) is 5.34. The van der Waals surface area contributed by atoms with Crippen LogP contribution >= 0.6 is 0 Å². The van der Waals surface area contributed by atoms with E-state index in [0.29, 0.717) is 0 Å². The smallest absolute Gasteiger partial charge is 0.156 e. The molecule has 4 heteroatoms. The molecule has 104 valence electrons. The van der Waals surface area contributed by atoms with Gasteiger partial charge in [0.05, 0.1) is 6.20 Å². The van der Waals surface area contributed by atoms with Gasteiger partial charge in [-0.3, -0.25) is 0 Å². The largest absolute Gasteiger partial charge is 0.364 e. The number of anilines is 1. The van der Waals surface area contributed by atoms with Crippen molar-refractivity contribution in [3.05, 3.63) is 65.4 Å². The zero-order valence-electron chi connectivity index (χ0n) is 11.6. The first-order valence-electron chi connectivity index (χ1n) is 7.16. The van der Waals surface area contributed by atoms with Crippen molar-refractivity contribution in [2.45, 2.75) is 19.6 Å². The van der Waals surface area contributed by atoms with E-state index in [9.17, 15) is 0 Å². The molecule has 0 unspecified atom stereocenters. The minimum atomic E-state index is 0.760. The van der Waals surface area contributed by atoms with Gasteiger partial charge in [-0.05, 0) is 16.7 Å². The fourth-order valence-corrected chi connectivity index (χ4v) is 2.80. The van der Waals surface area contributed by atoms with Gasteiger partial charge >= 0.3 is 0 Å². The number of benzene rings is 2. The molecule has 1 aliphatic heterocycles. The predicted molar refractivity (Wildman–Crippen MR) is 83.9 cm³/mol. The topological polar surface area (TPSA) is 49.8 Å². The lowest BCUT2D eigenvalue weighted by molar-refractivity contribution is 0.764. The minimum Gasteiger partial charge on any atom is -0.364 e. The number of nitrogens with zero attached hydrogens (tertiary/aromatic N) is 2. The van der Waals surface area contributed by atoms with E-state index in [1.807, 2.05) is 12.1 Å². The lowest BCUT2D eigenvalue weighted by Crippen LogP contribution is -2.03. The summed E-state index contributed by atoms with van der Waals surface area (Å²) >= 11 is 0. The molecule has 0 aliphatic carbocycles. The molecule has 0 spiro atoms. The normalized spacial score (nSPS) is 13.3. The molecule has 0 saturated heterocycles. The molecule has 0 bridgehead atoms. The lowest BCUT2D eigenvalue weighted by atomic mass is 10.1. The van der Waals surface area contributed by atoms with Gasteiger partial charge in [0.25, 0.3) is 0 Å². The number of fused-ring (bicyclic) bond motifs is 2. The first-order valence-corrected chi connectivity index (χ1v) is 7.16. The van der Waals surface area contributed by atoms with Crippen molar-refractivity contribution >= 4 is 16.6 Å². The first kappa shape index (κ1) is 12.3. The van der Waals surface area contributed by atoms with E-state index >= 15 is 0 Å². The maximum atomic E-state index is 4.22. The summed E-state index contributed by atoms with van der Waals surface area (Å²) in [6.45, 7) is 2.71. The average molecular weight is 276 g/mol. The molecule has 3 aromatic rings. The monoisotopic (exact) mass is 276 g/mol. The van der Waals surface area contributed by atoms with Gasteiger partial charge in [0.2, 0.25) is 0 Å². The van der Waals surface area contributed by atoms with Gasteiger partial charge in [0.1, 0.15) is 0 Å². The molecule has 4 nitrogen and oxygen atoms in total. The highest BCUT2D eigenvalue weighted by Gasteiger charge is 2.10. The molecule has 4 rings (SSSR count). The fraction of sp³-hybridized carbons (Fsp3) is 0.176. The van der Waals surface area contributed by atoms with Gasteiger partial charge < -0.3 is 10.6 Å². The van der Waals surface area contributed by atoms with E-state index in [-0.39, 0.29) is 0 Å². The summed E-state index contributed by atoms with van der Waals surface area (Å²) in [5.74, 6) is 0.840. The van der Waals surface area contributed by atoms with Crippen molar-refractivity contribution in [3.8, 4) is 0 Å². The van der Waals surface area contributed by atoms with Crippen molar-refractivity contribution < 1.29 is 0 Å². The molecule has 0 radical (unpaired) electrons. The van der Waals surface area contributed by atoms with Crippen molar-refractivity contribution in [1.82, 2.24) is 15.5 Å². The summed E-state index contributed by atoms with van der Waals surface area (Å²) in [5.41, 5.74) is 4.08. The first-order chi connectivity index (χ1) is 10.4. The van der Waals surface area contributed by atoms with E-state index in [0.717, 1.165) is 36.2 Å². The Morgan fingerprint density at radius 3 is 2.95 bits per heavy atom. The quantitative estimate of drug-likeness (QED) is 0.772. The van der Waals surface area contributed by atoms with Crippen LogP contribution in [0.4, 0.5) is 5.82 Å². The SMILES string of the molecule is c1ccc2c(NCc3ccc4c(c3)CNC4)nncc2c1. The Morgan fingerprint density at radius 2 is 1.95 bits per heavy atom. The van der Waals surface area contributed by atoms with Crippen LogP contribution in [-0.4, -0.2) is 10.2 Å². The molecule has 0 fully saturated rings. The third-order valence-electron chi connectivity index (χ3n) is 3.93. The Morgan fingerprint density at radius 1 is 1.05 bits per heavy atom. The van der Waals surface area contributed by atoms with Crippen LogP contribution in [0.5, 0.6) is 0 Å². The molecular weight excluding hydrogens is 260 g/mol. The number of rotatable bonds is 3. The highest BCUT2D eigenvalue weighted by molar-refractivity contribution is 5.90. The van der Waals surface area contributed by atoms with Crippen molar-refractivity contribution in [3.63, 3.8) is 0 Å². The molecule has 1 aliphatic rings. The number of hydrogen-bond donors (Lipinski definition) is 2. The fourth-order valence-electron chi connectivity index (χ4n) is 2.80. The van der Waals surface area contributed by atoms with Gasteiger partial charge in [0, 0.05) is 30.4 Å². The van der Waals surface area contributed by atoms with Crippen LogP contribution in [0.3, 0.4) is 0 Å². The molecule has 2 aromatic carbocycles.